The molecule has 1 heterocycles. The molecule has 5 aliphatic carbocycles. The summed E-state index contributed by atoms with van der Waals surface area (Å²) in [5.74, 6) is 3.52. The van der Waals surface area contributed by atoms with E-state index in [1.165, 1.54) is 48.7 Å². The Kier molecular flexibility index (Phi) is 3.58. The van der Waals surface area contributed by atoms with Crippen LogP contribution in [-0.4, -0.2) is 18.3 Å². The molecule has 0 radical (unpaired) electrons. The highest BCUT2D eigenvalue weighted by molar-refractivity contribution is 6.64. The van der Waals surface area contributed by atoms with E-state index >= 15 is 0 Å². The first-order valence-electron chi connectivity index (χ1n) is 12.4. The van der Waals surface area contributed by atoms with E-state index < -0.39 is 0 Å². The van der Waals surface area contributed by atoms with Gasteiger partial charge in [0.1, 0.15) is 0 Å². The molecule has 2 aromatic rings. The zero-order valence-electron chi connectivity index (χ0n) is 19.3. The lowest BCUT2D eigenvalue weighted by Gasteiger charge is -2.61. The molecular weight excluding hydrogens is 379 g/mol. The van der Waals surface area contributed by atoms with Crippen molar-refractivity contribution in [3.05, 3.63) is 53.6 Å². The number of hydrogen-bond donors (Lipinski definition) is 0. The number of fused-ring (bicyclic) bond motifs is 3. The smallest absolute Gasteiger partial charge is 0.399 e. The topological polar surface area (TPSA) is 18.5 Å². The summed E-state index contributed by atoms with van der Waals surface area (Å²) in [7, 11) is -0.306. The monoisotopic (exact) mass is 412 g/mol. The standard InChI is InChI=1S/C28H33BO2/c1-26(2)27(3,4)31-29(30-26)24-11-7-10-23-25(24)21-8-5-6-9-22(21)28(23)19-13-17-12-18(15-19)16-20(28)14-17/h5-11,17-20H,12-16H2,1-4H3. The Morgan fingerprint density at radius 3 is 1.94 bits per heavy atom. The normalized spacial score (nSPS) is 38.0. The first kappa shape index (κ1) is 18.9. The molecule has 0 aromatic heterocycles. The Bertz CT molecular complexity index is 1040. The second kappa shape index (κ2) is 5.86. The van der Waals surface area contributed by atoms with Gasteiger partial charge in [0.2, 0.25) is 0 Å². The van der Waals surface area contributed by atoms with Gasteiger partial charge in [-0.3, -0.25) is 0 Å². The van der Waals surface area contributed by atoms with Gasteiger partial charge >= 0.3 is 7.12 Å². The van der Waals surface area contributed by atoms with E-state index in [4.69, 9.17) is 9.31 Å². The maximum absolute atomic E-state index is 6.56. The summed E-state index contributed by atoms with van der Waals surface area (Å²) in [4.78, 5) is 0. The molecule has 0 N–H and O–H groups in total. The fourth-order valence-corrected chi connectivity index (χ4v) is 8.40. The van der Waals surface area contributed by atoms with Gasteiger partial charge in [0.05, 0.1) is 11.2 Å². The summed E-state index contributed by atoms with van der Waals surface area (Å²) in [5.41, 5.74) is 6.84. The average molecular weight is 412 g/mol. The fraction of sp³-hybridized carbons (Fsp3) is 0.571. The maximum atomic E-state index is 6.56. The van der Waals surface area contributed by atoms with Crippen molar-refractivity contribution in [2.45, 2.75) is 76.4 Å². The third kappa shape index (κ3) is 2.23. The third-order valence-corrected chi connectivity index (χ3v) is 10.1. The van der Waals surface area contributed by atoms with Crippen molar-refractivity contribution in [3.8, 4) is 11.1 Å². The molecule has 0 atom stereocenters. The van der Waals surface area contributed by atoms with Gasteiger partial charge in [-0.2, -0.15) is 0 Å². The van der Waals surface area contributed by atoms with Crippen LogP contribution >= 0.6 is 0 Å². The van der Waals surface area contributed by atoms with Gasteiger partial charge in [-0.25, -0.2) is 0 Å². The molecule has 0 amide bonds. The zero-order valence-corrected chi connectivity index (χ0v) is 19.3. The van der Waals surface area contributed by atoms with E-state index in [2.05, 4.69) is 70.2 Å². The van der Waals surface area contributed by atoms with Crippen LogP contribution in [0.25, 0.3) is 11.1 Å². The van der Waals surface area contributed by atoms with E-state index in [0.29, 0.717) is 0 Å². The van der Waals surface area contributed by atoms with Crippen LogP contribution in [0.3, 0.4) is 0 Å². The van der Waals surface area contributed by atoms with Gasteiger partial charge in [-0.05, 0) is 111 Å². The molecule has 4 bridgehead atoms. The molecule has 2 nitrogen and oxygen atoms in total. The predicted molar refractivity (Wildman–Crippen MR) is 125 cm³/mol. The molecule has 6 aliphatic rings. The molecular formula is C28H33BO2. The SMILES string of the molecule is CC1(C)OB(c2cccc3c2-c2ccccc2C32C3CC4CC(C3)CC2C4)OC1(C)C. The lowest BCUT2D eigenvalue weighted by atomic mass is 9.43. The highest BCUT2D eigenvalue weighted by Gasteiger charge is 2.62. The summed E-state index contributed by atoms with van der Waals surface area (Å²) >= 11 is 0. The second-order valence-electron chi connectivity index (χ2n) is 12.1. The van der Waals surface area contributed by atoms with Crippen molar-refractivity contribution < 1.29 is 9.31 Å². The molecule has 8 rings (SSSR count). The van der Waals surface area contributed by atoms with E-state index in [-0.39, 0.29) is 23.7 Å². The molecule has 1 saturated heterocycles. The van der Waals surface area contributed by atoms with E-state index in [1.807, 2.05) is 0 Å². The Labute approximate surface area is 186 Å². The van der Waals surface area contributed by atoms with Crippen LogP contribution in [0.2, 0.25) is 0 Å². The molecule has 4 saturated carbocycles. The number of rotatable bonds is 1. The van der Waals surface area contributed by atoms with Crippen molar-refractivity contribution in [3.63, 3.8) is 0 Å². The van der Waals surface area contributed by atoms with Crippen LogP contribution in [0.15, 0.2) is 42.5 Å². The van der Waals surface area contributed by atoms with Crippen LogP contribution < -0.4 is 5.46 Å². The van der Waals surface area contributed by atoms with E-state index in [0.717, 1.165) is 23.7 Å². The average Bonchev–Trinajstić information content (AvgIpc) is 3.14. The summed E-state index contributed by atoms with van der Waals surface area (Å²) in [5, 5.41) is 0. The predicted octanol–water partition coefficient (Wildman–Crippen LogP) is 5.71. The molecule has 31 heavy (non-hydrogen) atoms. The Balaban J connectivity index is 1.45. The van der Waals surface area contributed by atoms with Crippen molar-refractivity contribution in [2.24, 2.45) is 23.7 Å². The minimum atomic E-state index is -0.321. The van der Waals surface area contributed by atoms with Crippen LogP contribution in [0, 0.1) is 23.7 Å². The van der Waals surface area contributed by atoms with Gasteiger partial charge in [-0.1, -0.05) is 42.5 Å². The largest absolute Gasteiger partial charge is 0.495 e. The lowest BCUT2D eigenvalue weighted by molar-refractivity contribution is -0.0399. The molecule has 1 spiro atoms. The first-order chi connectivity index (χ1) is 14.8. The Hall–Kier alpha value is -1.58. The molecule has 5 fully saturated rings. The summed E-state index contributed by atoms with van der Waals surface area (Å²) in [6.45, 7) is 8.62. The molecule has 2 aromatic carbocycles. The van der Waals surface area contributed by atoms with Crippen molar-refractivity contribution in [1.29, 1.82) is 0 Å². The molecule has 0 unspecified atom stereocenters. The van der Waals surface area contributed by atoms with Crippen molar-refractivity contribution >= 4 is 12.6 Å². The van der Waals surface area contributed by atoms with Crippen molar-refractivity contribution in [1.82, 2.24) is 0 Å². The van der Waals surface area contributed by atoms with Gasteiger partial charge < -0.3 is 9.31 Å². The highest BCUT2D eigenvalue weighted by atomic mass is 16.7. The van der Waals surface area contributed by atoms with Crippen LogP contribution in [0.1, 0.15) is 70.9 Å². The van der Waals surface area contributed by atoms with E-state index in [1.54, 1.807) is 11.1 Å². The Morgan fingerprint density at radius 1 is 0.710 bits per heavy atom. The summed E-state index contributed by atoms with van der Waals surface area (Å²) in [6.07, 6.45) is 7.16. The maximum Gasteiger partial charge on any atom is 0.495 e. The number of hydrogen-bond acceptors (Lipinski definition) is 2. The minimum absolute atomic E-state index is 0.207. The highest BCUT2D eigenvalue weighted by Crippen LogP contribution is 2.69. The van der Waals surface area contributed by atoms with Crippen LogP contribution in [-0.2, 0) is 14.7 Å². The summed E-state index contributed by atoms with van der Waals surface area (Å²) in [6, 6.07) is 16.3. The molecule has 160 valence electrons. The van der Waals surface area contributed by atoms with Gasteiger partial charge in [0, 0.05) is 5.41 Å². The molecule has 1 aliphatic heterocycles. The first-order valence-corrected chi connectivity index (χ1v) is 12.4. The fourth-order valence-electron chi connectivity index (χ4n) is 8.40. The quantitative estimate of drug-likeness (QED) is 0.559. The second-order valence-corrected chi connectivity index (χ2v) is 12.1. The zero-order chi connectivity index (χ0) is 21.2. The van der Waals surface area contributed by atoms with E-state index in [9.17, 15) is 0 Å². The van der Waals surface area contributed by atoms with Crippen molar-refractivity contribution in [2.75, 3.05) is 0 Å². The number of benzene rings is 2. The van der Waals surface area contributed by atoms with Crippen LogP contribution in [0.5, 0.6) is 0 Å². The van der Waals surface area contributed by atoms with Gasteiger partial charge in [0.15, 0.2) is 0 Å². The van der Waals surface area contributed by atoms with Crippen LogP contribution in [0.4, 0.5) is 0 Å². The minimum Gasteiger partial charge on any atom is -0.399 e. The van der Waals surface area contributed by atoms with Gasteiger partial charge in [0.25, 0.3) is 0 Å². The Morgan fingerprint density at radius 2 is 1.29 bits per heavy atom. The lowest BCUT2D eigenvalue weighted by Crippen LogP contribution is -2.55. The third-order valence-electron chi connectivity index (χ3n) is 10.1. The summed E-state index contributed by atoms with van der Waals surface area (Å²) < 4.78 is 13.1. The van der Waals surface area contributed by atoms with Gasteiger partial charge in [-0.15, -0.1) is 0 Å². The molecule has 3 heteroatoms.